The third-order valence-electron chi connectivity index (χ3n) is 5.90. The molecule has 1 N–H and O–H groups in total. The summed E-state index contributed by atoms with van der Waals surface area (Å²) in [5.41, 5.74) is -0.277. The molecule has 0 aliphatic carbocycles. The van der Waals surface area contributed by atoms with E-state index in [0.717, 1.165) is 18.9 Å². The Morgan fingerprint density at radius 2 is 1.91 bits per heavy atom. The van der Waals surface area contributed by atoms with Gasteiger partial charge in [-0.2, -0.15) is 5.10 Å². The van der Waals surface area contributed by atoms with Gasteiger partial charge in [-0.25, -0.2) is 17.8 Å². The molecule has 3 rings (SSSR count). The molecule has 0 bridgehead atoms. The molecule has 1 atom stereocenters. The van der Waals surface area contributed by atoms with E-state index in [2.05, 4.69) is 9.82 Å². The summed E-state index contributed by atoms with van der Waals surface area (Å²) in [5.74, 6) is -0.100. The van der Waals surface area contributed by atoms with Gasteiger partial charge in [-0.3, -0.25) is 14.9 Å². The molecule has 2 heterocycles. The molecule has 0 radical (unpaired) electrons. The first-order valence-corrected chi connectivity index (χ1v) is 13.1. The molecule has 0 saturated carbocycles. The van der Waals surface area contributed by atoms with Crippen LogP contribution in [0.15, 0.2) is 23.1 Å². The zero-order valence-electron chi connectivity index (χ0n) is 21.0. The Labute approximate surface area is 205 Å². The monoisotopic (exact) mass is 507 g/mol. The van der Waals surface area contributed by atoms with Gasteiger partial charge in [-0.05, 0) is 59.9 Å². The number of benzene rings is 1. The number of nitro benzene ring substituents is 1. The van der Waals surface area contributed by atoms with Crippen LogP contribution in [-0.4, -0.2) is 53.1 Å². The summed E-state index contributed by atoms with van der Waals surface area (Å²) in [5, 5.41) is 15.9. The number of hydrogen-bond acceptors (Lipinski definition) is 7. The molecule has 1 saturated heterocycles. The molecular formula is C23H33N5O6S. The Morgan fingerprint density at radius 3 is 2.46 bits per heavy atom. The average molecular weight is 508 g/mol. The number of sulfonamides is 1. The van der Waals surface area contributed by atoms with Crippen LogP contribution in [0, 0.1) is 17.0 Å². The minimum Gasteiger partial charge on any atom is -0.438 e. The fraction of sp³-hybridized carbons (Fsp3) is 0.565. The number of rotatable bonds is 8. The van der Waals surface area contributed by atoms with Gasteiger partial charge < -0.3 is 9.64 Å². The molecule has 35 heavy (non-hydrogen) atoms. The normalized spacial score (nSPS) is 15.3. The number of nitro groups is 1. The van der Waals surface area contributed by atoms with Crippen molar-refractivity contribution < 1.29 is 22.9 Å². The lowest BCUT2D eigenvalue weighted by Gasteiger charge is -2.23. The zero-order valence-corrected chi connectivity index (χ0v) is 21.8. The highest BCUT2D eigenvalue weighted by Crippen LogP contribution is 2.37. The van der Waals surface area contributed by atoms with Crippen molar-refractivity contribution in [3.63, 3.8) is 0 Å². The molecule has 0 spiro atoms. The number of amides is 1. The second kappa shape index (κ2) is 9.94. The van der Waals surface area contributed by atoms with Crippen LogP contribution in [0.3, 0.4) is 0 Å². The first-order valence-electron chi connectivity index (χ1n) is 11.6. The van der Waals surface area contributed by atoms with Crippen molar-refractivity contribution in [3.05, 3.63) is 39.6 Å². The van der Waals surface area contributed by atoms with Gasteiger partial charge in [0.15, 0.2) is 5.69 Å². The number of likely N-dealkylation sites (tertiary alicyclic amines) is 1. The fourth-order valence-corrected chi connectivity index (χ4v) is 5.22. The number of aromatic nitrogens is 2. The SMILES string of the molecule is CC[C@@H](C)NS(=O)(=O)c1cc([N+](=O)[O-])ccc1Oc1c(C)c(C(=O)N2CCCC2)nn1C(C)(C)C. The molecule has 1 aliphatic rings. The fourth-order valence-electron chi connectivity index (χ4n) is 3.75. The van der Waals surface area contributed by atoms with Crippen LogP contribution in [0.5, 0.6) is 11.6 Å². The lowest BCUT2D eigenvalue weighted by molar-refractivity contribution is -0.385. The van der Waals surface area contributed by atoms with Gasteiger partial charge >= 0.3 is 0 Å². The van der Waals surface area contributed by atoms with Gasteiger partial charge in [-0.15, -0.1) is 0 Å². The average Bonchev–Trinajstić information content (AvgIpc) is 3.42. The van der Waals surface area contributed by atoms with Crippen LogP contribution < -0.4 is 9.46 Å². The van der Waals surface area contributed by atoms with Crippen molar-refractivity contribution >= 4 is 21.6 Å². The lowest BCUT2D eigenvalue weighted by atomic mass is 10.1. The van der Waals surface area contributed by atoms with Crippen LogP contribution in [0.4, 0.5) is 5.69 Å². The van der Waals surface area contributed by atoms with E-state index in [1.54, 1.807) is 23.4 Å². The molecule has 12 heteroatoms. The summed E-state index contributed by atoms with van der Waals surface area (Å²) in [6.45, 7) is 12.2. The van der Waals surface area contributed by atoms with Crippen molar-refractivity contribution in [1.82, 2.24) is 19.4 Å². The van der Waals surface area contributed by atoms with Crippen molar-refractivity contribution in [2.75, 3.05) is 13.1 Å². The second-order valence-electron chi connectivity index (χ2n) is 9.78. The summed E-state index contributed by atoms with van der Waals surface area (Å²) in [7, 11) is -4.15. The van der Waals surface area contributed by atoms with E-state index in [1.807, 2.05) is 27.7 Å². The summed E-state index contributed by atoms with van der Waals surface area (Å²) in [6.07, 6.45) is 2.39. The standard InChI is InChI=1S/C23H33N5O6S/c1-7-15(2)25-35(32,33)19-14-17(28(30)31)10-11-18(19)34-22-16(3)20(24-27(22)23(4,5)6)21(29)26-12-8-9-13-26/h10-11,14-15,25H,7-9,12-13H2,1-6H3/t15-/m1/s1. The summed E-state index contributed by atoms with van der Waals surface area (Å²) < 4.78 is 36.5. The maximum absolute atomic E-state index is 13.1. The van der Waals surface area contributed by atoms with Crippen molar-refractivity contribution in [3.8, 4) is 11.6 Å². The summed E-state index contributed by atoms with van der Waals surface area (Å²) >= 11 is 0. The maximum atomic E-state index is 13.1. The Morgan fingerprint density at radius 1 is 1.29 bits per heavy atom. The summed E-state index contributed by atoms with van der Waals surface area (Å²) in [6, 6.07) is 3.02. The second-order valence-corrected chi connectivity index (χ2v) is 11.5. The van der Waals surface area contributed by atoms with Crippen molar-refractivity contribution in [2.24, 2.45) is 0 Å². The molecule has 11 nitrogen and oxygen atoms in total. The van der Waals surface area contributed by atoms with Crippen LogP contribution in [0.2, 0.25) is 0 Å². The van der Waals surface area contributed by atoms with E-state index >= 15 is 0 Å². The van der Waals surface area contributed by atoms with E-state index in [1.165, 1.54) is 12.1 Å². The highest BCUT2D eigenvalue weighted by Gasteiger charge is 2.32. The first-order chi connectivity index (χ1) is 16.3. The third-order valence-corrected chi connectivity index (χ3v) is 7.51. The van der Waals surface area contributed by atoms with Crippen molar-refractivity contribution in [1.29, 1.82) is 0 Å². The van der Waals surface area contributed by atoms with Gasteiger partial charge in [0.2, 0.25) is 15.9 Å². The molecule has 2 aromatic rings. The van der Waals surface area contributed by atoms with Gasteiger partial charge in [-0.1, -0.05) is 6.92 Å². The van der Waals surface area contributed by atoms with E-state index in [-0.39, 0.29) is 33.8 Å². The molecule has 1 aromatic carbocycles. The predicted octanol–water partition coefficient (Wildman–Crippen LogP) is 3.96. The van der Waals surface area contributed by atoms with Gasteiger partial charge in [0.05, 0.1) is 10.5 Å². The highest BCUT2D eigenvalue weighted by molar-refractivity contribution is 7.89. The zero-order chi connectivity index (χ0) is 26.1. The van der Waals surface area contributed by atoms with Crippen LogP contribution >= 0.6 is 0 Å². The molecule has 0 unspecified atom stereocenters. The van der Waals surface area contributed by atoms with Crippen LogP contribution in [0.1, 0.15) is 69.9 Å². The van der Waals surface area contributed by atoms with E-state index < -0.39 is 26.5 Å². The number of nitrogens with zero attached hydrogens (tertiary/aromatic N) is 4. The van der Waals surface area contributed by atoms with Gasteiger partial charge in [0, 0.05) is 36.8 Å². The quantitative estimate of drug-likeness (QED) is 0.422. The summed E-state index contributed by atoms with van der Waals surface area (Å²) in [4.78, 5) is 25.2. The Hall–Kier alpha value is -2.99. The lowest BCUT2D eigenvalue weighted by Crippen LogP contribution is -2.32. The number of hydrogen-bond donors (Lipinski definition) is 1. The van der Waals surface area contributed by atoms with Gasteiger partial charge in [0.1, 0.15) is 10.6 Å². The largest absolute Gasteiger partial charge is 0.438 e. The predicted molar refractivity (Wildman–Crippen MR) is 130 cm³/mol. The smallest absolute Gasteiger partial charge is 0.274 e. The number of nitrogens with one attached hydrogen (secondary N) is 1. The van der Waals surface area contributed by atoms with E-state index in [9.17, 15) is 23.3 Å². The molecular weight excluding hydrogens is 474 g/mol. The molecule has 1 aromatic heterocycles. The van der Waals surface area contributed by atoms with Crippen molar-refractivity contribution in [2.45, 2.75) is 77.3 Å². The topological polar surface area (TPSA) is 137 Å². The Bertz CT molecular complexity index is 1230. The Kier molecular flexibility index (Phi) is 7.56. The Balaban J connectivity index is 2.14. The number of ether oxygens (including phenoxy) is 1. The van der Waals surface area contributed by atoms with Crippen LogP contribution in [-0.2, 0) is 15.6 Å². The molecule has 1 fully saturated rings. The minimum atomic E-state index is -4.15. The molecule has 1 aliphatic heterocycles. The first kappa shape index (κ1) is 26.6. The number of carbonyl (C=O) groups is 1. The van der Waals surface area contributed by atoms with E-state index in [0.29, 0.717) is 25.1 Å². The van der Waals surface area contributed by atoms with E-state index in [4.69, 9.17) is 4.74 Å². The minimum absolute atomic E-state index is 0.0972. The molecule has 1 amide bonds. The maximum Gasteiger partial charge on any atom is 0.274 e. The third kappa shape index (κ3) is 5.64. The van der Waals surface area contributed by atoms with Gasteiger partial charge in [0.25, 0.3) is 11.6 Å². The highest BCUT2D eigenvalue weighted by atomic mass is 32.2. The number of carbonyl (C=O) groups excluding carboxylic acids is 1. The number of non-ortho nitro benzene ring substituents is 1. The molecule has 192 valence electrons. The van der Waals surface area contributed by atoms with Crippen LogP contribution in [0.25, 0.3) is 0 Å².